The lowest BCUT2D eigenvalue weighted by Crippen LogP contribution is -2.42. The van der Waals surface area contributed by atoms with Crippen LogP contribution < -0.4 is 4.72 Å². The van der Waals surface area contributed by atoms with Crippen LogP contribution in [0.1, 0.15) is 58.4 Å². The molecule has 0 saturated heterocycles. The zero-order chi connectivity index (χ0) is 20.3. The van der Waals surface area contributed by atoms with E-state index in [1.807, 2.05) is 12.5 Å². The third-order valence-corrected chi connectivity index (χ3v) is 10.3. The van der Waals surface area contributed by atoms with Crippen molar-refractivity contribution in [3.05, 3.63) is 41.8 Å². The van der Waals surface area contributed by atoms with Gasteiger partial charge in [-0.15, -0.1) is 0 Å². The highest BCUT2D eigenvalue weighted by Crippen LogP contribution is 2.65. The number of hydrogen-bond acceptors (Lipinski definition) is 3. The number of aromatic nitrogens is 1. The molecular weight excluding hydrogens is 371 g/mol. The van der Waals surface area contributed by atoms with Gasteiger partial charge in [-0.2, -0.15) is 0 Å². The fraction of sp³-hybridized carbons (Fsp3) is 0.609. The maximum Gasteiger partial charge on any atom is 0.123 e. The predicted molar refractivity (Wildman–Crippen MR) is 117 cm³/mol. The number of pyridine rings is 1. The Morgan fingerprint density at radius 3 is 2.54 bits per heavy atom. The summed E-state index contributed by atoms with van der Waals surface area (Å²) in [5.74, 6) is 2.40. The third kappa shape index (κ3) is 3.46. The van der Waals surface area contributed by atoms with Gasteiger partial charge >= 0.3 is 0 Å². The number of benzene rings is 1. The average molecular weight is 405 g/mol. The van der Waals surface area contributed by atoms with Crippen molar-refractivity contribution in [3.63, 3.8) is 0 Å². The Balaban J connectivity index is 1.48. The topological polar surface area (TPSA) is 45.1 Å². The van der Waals surface area contributed by atoms with E-state index in [0.29, 0.717) is 17.9 Å². The van der Waals surface area contributed by atoms with Crippen molar-refractivity contribution in [1.29, 1.82) is 0 Å². The van der Waals surface area contributed by atoms with E-state index in [1.54, 1.807) is 12.1 Å². The molecule has 3 nitrogen and oxygen atoms in total. The van der Waals surface area contributed by atoms with Gasteiger partial charge in [-0.3, -0.25) is 9.71 Å². The first-order chi connectivity index (χ1) is 13.1. The Hall–Kier alpha value is -1.17. The zero-order valence-corrected chi connectivity index (χ0v) is 18.4. The second-order valence-corrected chi connectivity index (χ2v) is 13.0. The molecule has 2 N–H and O–H groups in total. The minimum atomic E-state index is -1.84. The molecule has 0 radical (unpaired) electrons. The second-order valence-electron chi connectivity index (χ2n) is 9.76. The molecule has 1 aromatic carbocycles. The summed E-state index contributed by atoms with van der Waals surface area (Å²) >= 11 is 0. The van der Waals surface area contributed by atoms with Gasteiger partial charge in [0, 0.05) is 28.6 Å². The highest BCUT2D eigenvalue weighted by Gasteiger charge is 2.59. The molecule has 2 aromatic rings. The van der Waals surface area contributed by atoms with Crippen LogP contribution in [0.4, 0.5) is 4.39 Å². The van der Waals surface area contributed by atoms with Crippen molar-refractivity contribution < 1.29 is 8.94 Å². The largest absolute Gasteiger partial charge is 0.338 e. The molecule has 0 aliphatic heterocycles. The van der Waals surface area contributed by atoms with Crippen LogP contribution in [0.3, 0.4) is 0 Å². The lowest BCUT2D eigenvalue weighted by molar-refractivity contribution is 0.419. The van der Waals surface area contributed by atoms with Gasteiger partial charge in [0.25, 0.3) is 0 Å². The lowest BCUT2D eigenvalue weighted by Gasteiger charge is -2.45. The second kappa shape index (κ2) is 6.96. The van der Waals surface area contributed by atoms with Gasteiger partial charge in [0.2, 0.25) is 0 Å². The Morgan fingerprint density at radius 2 is 1.93 bits per heavy atom. The summed E-state index contributed by atoms with van der Waals surface area (Å²) in [5.41, 5.74) is 2.14. The van der Waals surface area contributed by atoms with Gasteiger partial charge in [0.1, 0.15) is 5.82 Å². The molecule has 3 unspecified atom stereocenters. The summed E-state index contributed by atoms with van der Waals surface area (Å²) < 4.78 is 28.3. The maximum atomic E-state index is 13.8. The van der Waals surface area contributed by atoms with Crippen molar-refractivity contribution in [3.8, 4) is 0 Å². The molecule has 28 heavy (non-hydrogen) atoms. The number of nitrogens with zero attached hydrogens (tertiary/aromatic N) is 1. The fourth-order valence-electron chi connectivity index (χ4n) is 5.14. The zero-order valence-electron chi connectivity index (χ0n) is 17.6. The highest BCUT2D eigenvalue weighted by atomic mass is 32.3. The quantitative estimate of drug-likeness (QED) is 0.632. The average Bonchev–Trinajstić information content (AvgIpc) is 3.11. The summed E-state index contributed by atoms with van der Waals surface area (Å²) in [6.07, 6.45) is 7.21. The fourth-order valence-corrected chi connectivity index (χ4v) is 6.41. The van der Waals surface area contributed by atoms with Crippen molar-refractivity contribution in [1.82, 2.24) is 9.71 Å². The first-order valence-electron chi connectivity index (χ1n) is 10.4. The van der Waals surface area contributed by atoms with E-state index >= 15 is 0 Å². The van der Waals surface area contributed by atoms with E-state index in [4.69, 9.17) is 0 Å². The minimum absolute atomic E-state index is 0.132. The molecule has 1 heterocycles. The number of nitrogens with one attached hydrogen (secondary N) is 1. The molecule has 2 fully saturated rings. The summed E-state index contributed by atoms with van der Waals surface area (Å²) in [4.78, 5) is 4.40. The van der Waals surface area contributed by atoms with E-state index in [-0.39, 0.29) is 10.6 Å². The summed E-state index contributed by atoms with van der Waals surface area (Å²) in [7, 11) is -1.84. The van der Waals surface area contributed by atoms with E-state index in [9.17, 15) is 8.94 Å². The molecule has 0 amide bonds. The van der Waals surface area contributed by atoms with E-state index in [1.165, 1.54) is 11.6 Å². The Morgan fingerprint density at radius 1 is 1.25 bits per heavy atom. The Labute approximate surface area is 169 Å². The number of rotatable bonds is 5. The Kier molecular flexibility index (Phi) is 5.00. The minimum Gasteiger partial charge on any atom is -0.338 e. The molecule has 0 bridgehead atoms. The van der Waals surface area contributed by atoms with Gasteiger partial charge in [-0.1, -0.05) is 17.4 Å². The van der Waals surface area contributed by atoms with Crippen LogP contribution in [0, 0.1) is 23.6 Å². The SMILES string of the molecule is CC[C@@H](NS(C)(O)C(C)(C)C)C1[C@H]2CC(c3ccnc4ccc(F)cc34)C[C@@H]12. The number of fused-ring (bicyclic) bond motifs is 2. The monoisotopic (exact) mass is 404 g/mol. The van der Waals surface area contributed by atoms with Crippen LogP contribution in [-0.2, 0) is 0 Å². The standard InChI is InChI=1S/C23H33FN2OS/c1-6-20(26-28(5,27)23(2,3)4)22-18-11-14(12-19(18)22)16-9-10-25-21-8-7-15(24)13-17(16)21/h7-10,13-14,18-20,22,26-27H,6,11-12H2,1-5H3/t14?,18-,19+,20-,22?/m1/s1. The molecule has 1 aromatic heterocycles. The van der Waals surface area contributed by atoms with E-state index in [2.05, 4.69) is 43.5 Å². The van der Waals surface area contributed by atoms with Crippen molar-refractivity contribution >= 4 is 21.4 Å². The molecule has 5 heteroatoms. The lowest BCUT2D eigenvalue weighted by atomic mass is 9.88. The van der Waals surface area contributed by atoms with Crippen LogP contribution in [-0.4, -0.2) is 26.6 Å². The summed E-state index contributed by atoms with van der Waals surface area (Å²) in [6.45, 7) is 8.55. The first-order valence-corrected chi connectivity index (χ1v) is 12.4. The smallest absolute Gasteiger partial charge is 0.123 e. The molecule has 6 atom stereocenters. The molecule has 0 spiro atoms. The molecular formula is C23H33FN2OS. The van der Waals surface area contributed by atoms with Crippen molar-refractivity contribution in [2.24, 2.45) is 17.8 Å². The van der Waals surface area contributed by atoms with Gasteiger partial charge in [-0.25, -0.2) is 4.39 Å². The summed E-state index contributed by atoms with van der Waals surface area (Å²) in [5, 5.41) is 0.968. The number of hydrogen-bond donors (Lipinski definition) is 2. The molecule has 2 aliphatic carbocycles. The van der Waals surface area contributed by atoms with Gasteiger partial charge in [0.15, 0.2) is 0 Å². The molecule has 154 valence electrons. The third-order valence-electron chi connectivity index (χ3n) is 7.17. The molecule has 2 saturated carbocycles. The van der Waals surface area contributed by atoms with Crippen LogP contribution in [0.15, 0.2) is 30.5 Å². The van der Waals surface area contributed by atoms with Crippen LogP contribution >= 0.6 is 10.5 Å². The van der Waals surface area contributed by atoms with Crippen molar-refractivity contribution in [2.45, 2.75) is 63.7 Å². The summed E-state index contributed by atoms with van der Waals surface area (Å²) in [6, 6.07) is 7.37. The predicted octanol–water partition coefficient (Wildman–Crippen LogP) is 6.10. The van der Waals surface area contributed by atoms with Crippen molar-refractivity contribution in [2.75, 3.05) is 6.26 Å². The highest BCUT2D eigenvalue weighted by molar-refractivity contribution is 8.28. The van der Waals surface area contributed by atoms with Crippen LogP contribution in [0.25, 0.3) is 10.9 Å². The van der Waals surface area contributed by atoms with Crippen LogP contribution in [0.2, 0.25) is 0 Å². The molecule has 4 rings (SSSR count). The van der Waals surface area contributed by atoms with Gasteiger partial charge in [0.05, 0.1) is 5.52 Å². The normalized spacial score (nSPS) is 31.2. The van der Waals surface area contributed by atoms with Crippen LogP contribution in [0.5, 0.6) is 0 Å². The molecule has 2 aliphatic rings. The number of halogens is 1. The first kappa shape index (κ1) is 20.1. The van der Waals surface area contributed by atoms with E-state index in [0.717, 1.165) is 42.0 Å². The van der Waals surface area contributed by atoms with Gasteiger partial charge in [-0.05, 0) is 93.5 Å². The maximum absolute atomic E-state index is 13.8. The van der Waals surface area contributed by atoms with Gasteiger partial charge < -0.3 is 4.55 Å². The Bertz CT molecular complexity index is 867. The van der Waals surface area contributed by atoms with E-state index < -0.39 is 10.5 Å².